The van der Waals surface area contributed by atoms with Crippen molar-refractivity contribution in [2.75, 3.05) is 26.7 Å². The molecule has 1 aliphatic rings. The van der Waals surface area contributed by atoms with E-state index in [4.69, 9.17) is 4.74 Å². The summed E-state index contributed by atoms with van der Waals surface area (Å²) >= 11 is 0. The Labute approximate surface area is 117 Å². The van der Waals surface area contributed by atoms with Gasteiger partial charge in [0.2, 0.25) is 0 Å². The molecule has 0 radical (unpaired) electrons. The first-order valence-corrected chi connectivity index (χ1v) is 7.32. The number of allylic oxidation sites excluding steroid dienone is 1. The topological polar surface area (TPSA) is 45.7 Å². The summed E-state index contributed by atoms with van der Waals surface area (Å²) in [5.74, 6) is 0.881. The van der Waals surface area contributed by atoms with Gasteiger partial charge in [0.05, 0.1) is 12.1 Å². The Hall–Kier alpha value is -1.03. The summed E-state index contributed by atoms with van der Waals surface area (Å²) in [5.41, 5.74) is 1.37. The van der Waals surface area contributed by atoms with Crippen molar-refractivity contribution < 1.29 is 4.74 Å². The van der Waals surface area contributed by atoms with Crippen LogP contribution in [0.1, 0.15) is 46.5 Å². The van der Waals surface area contributed by atoms with Gasteiger partial charge in [-0.3, -0.25) is 4.99 Å². The van der Waals surface area contributed by atoms with Gasteiger partial charge in [-0.05, 0) is 46.5 Å². The summed E-state index contributed by atoms with van der Waals surface area (Å²) < 4.78 is 5.38. The van der Waals surface area contributed by atoms with E-state index < -0.39 is 0 Å². The minimum Gasteiger partial charge on any atom is -0.377 e. The molecule has 0 bridgehead atoms. The van der Waals surface area contributed by atoms with Crippen LogP contribution >= 0.6 is 0 Å². The zero-order chi connectivity index (χ0) is 14.1. The Morgan fingerprint density at radius 1 is 1.42 bits per heavy atom. The van der Waals surface area contributed by atoms with Crippen LogP contribution < -0.4 is 10.6 Å². The van der Waals surface area contributed by atoms with E-state index in [1.807, 2.05) is 13.8 Å². The van der Waals surface area contributed by atoms with Crippen molar-refractivity contribution in [3.63, 3.8) is 0 Å². The fourth-order valence-corrected chi connectivity index (χ4v) is 1.98. The maximum Gasteiger partial charge on any atom is 0.191 e. The number of nitrogens with one attached hydrogen (secondary N) is 2. The van der Waals surface area contributed by atoms with Gasteiger partial charge in [-0.1, -0.05) is 11.6 Å². The maximum absolute atomic E-state index is 5.38. The third-order valence-electron chi connectivity index (χ3n) is 3.39. The molecule has 2 N–H and O–H groups in total. The van der Waals surface area contributed by atoms with Gasteiger partial charge in [-0.2, -0.15) is 0 Å². The standard InChI is InChI=1S/C15H29N3O/c1-5-16-14(18-12-15(2,3)19-4)17-11-10-13-8-6-7-9-13/h8H,5-7,9-12H2,1-4H3,(H2,16,17,18). The predicted molar refractivity (Wildman–Crippen MR) is 81.6 cm³/mol. The molecule has 110 valence electrons. The van der Waals surface area contributed by atoms with Crippen molar-refractivity contribution in [3.05, 3.63) is 11.6 Å². The number of guanidine groups is 1. The summed E-state index contributed by atoms with van der Waals surface area (Å²) in [5, 5.41) is 6.66. The quantitative estimate of drug-likeness (QED) is 0.423. The second kappa shape index (κ2) is 8.20. The molecule has 0 saturated carbocycles. The van der Waals surface area contributed by atoms with Crippen LogP contribution in [0.5, 0.6) is 0 Å². The Bertz CT molecular complexity index is 321. The lowest BCUT2D eigenvalue weighted by molar-refractivity contribution is 0.0310. The molecule has 1 rings (SSSR count). The highest BCUT2D eigenvalue weighted by atomic mass is 16.5. The molecular formula is C15H29N3O. The van der Waals surface area contributed by atoms with Gasteiger partial charge in [0.1, 0.15) is 0 Å². The van der Waals surface area contributed by atoms with Crippen molar-refractivity contribution in [2.24, 2.45) is 4.99 Å². The van der Waals surface area contributed by atoms with E-state index in [0.29, 0.717) is 6.54 Å². The van der Waals surface area contributed by atoms with E-state index in [0.717, 1.165) is 25.5 Å². The van der Waals surface area contributed by atoms with Crippen LogP contribution in [0.25, 0.3) is 0 Å². The SMILES string of the molecule is CCNC(=NCC(C)(C)OC)NCCC1=CCCC1. The highest BCUT2D eigenvalue weighted by molar-refractivity contribution is 5.79. The van der Waals surface area contributed by atoms with Gasteiger partial charge in [-0.25, -0.2) is 0 Å². The van der Waals surface area contributed by atoms with Gasteiger partial charge in [-0.15, -0.1) is 0 Å². The van der Waals surface area contributed by atoms with Gasteiger partial charge in [0, 0.05) is 20.2 Å². The van der Waals surface area contributed by atoms with E-state index in [1.165, 1.54) is 19.3 Å². The first kappa shape index (κ1) is 16.0. The van der Waals surface area contributed by atoms with E-state index in [9.17, 15) is 0 Å². The molecule has 0 fully saturated rings. The molecule has 0 saturated heterocycles. The van der Waals surface area contributed by atoms with Crippen LogP contribution in [-0.2, 0) is 4.74 Å². The summed E-state index contributed by atoms with van der Waals surface area (Å²) in [7, 11) is 1.72. The van der Waals surface area contributed by atoms with Crippen LogP contribution in [0.15, 0.2) is 16.6 Å². The van der Waals surface area contributed by atoms with Crippen LogP contribution in [0.2, 0.25) is 0 Å². The summed E-state index contributed by atoms with van der Waals surface area (Å²) in [6.07, 6.45) is 7.35. The number of aliphatic imine (C=N–C) groups is 1. The van der Waals surface area contributed by atoms with Gasteiger partial charge < -0.3 is 15.4 Å². The normalized spacial score (nSPS) is 16.4. The Kier molecular flexibility index (Phi) is 6.92. The first-order valence-electron chi connectivity index (χ1n) is 7.32. The molecule has 0 aromatic carbocycles. The molecule has 4 nitrogen and oxygen atoms in total. The number of methoxy groups -OCH3 is 1. The number of ether oxygens (including phenoxy) is 1. The van der Waals surface area contributed by atoms with Gasteiger partial charge >= 0.3 is 0 Å². The number of hydrogen-bond donors (Lipinski definition) is 2. The highest BCUT2D eigenvalue weighted by Crippen LogP contribution is 2.19. The first-order chi connectivity index (χ1) is 9.07. The molecule has 4 heteroatoms. The van der Waals surface area contributed by atoms with Crippen molar-refractivity contribution in [1.82, 2.24) is 10.6 Å². The Morgan fingerprint density at radius 3 is 2.79 bits per heavy atom. The van der Waals surface area contributed by atoms with Gasteiger partial charge in [0.25, 0.3) is 0 Å². The van der Waals surface area contributed by atoms with Crippen LogP contribution in [-0.4, -0.2) is 38.3 Å². The third kappa shape index (κ3) is 6.62. The second-order valence-corrected chi connectivity index (χ2v) is 5.59. The average molecular weight is 267 g/mol. The lowest BCUT2D eigenvalue weighted by Gasteiger charge is -2.21. The summed E-state index contributed by atoms with van der Waals surface area (Å²) in [6.45, 7) is 8.65. The molecule has 0 aromatic rings. The Balaban J connectivity index is 2.36. The summed E-state index contributed by atoms with van der Waals surface area (Å²) in [4.78, 5) is 4.57. The van der Waals surface area contributed by atoms with Crippen LogP contribution in [0, 0.1) is 0 Å². The smallest absolute Gasteiger partial charge is 0.191 e. The number of rotatable bonds is 7. The van der Waals surface area contributed by atoms with Gasteiger partial charge in [0.15, 0.2) is 5.96 Å². The monoisotopic (exact) mass is 267 g/mol. The molecule has 0 amide bonds. The molecule has 0 heterocycles. The van der Waals surface area contributed by atoms with Crippen LogP contribution in [0.3, 0.4) is 0 Å². The maximum atomic E-state index is 5.38. The van der Waals surface area contributed by atoms with Crippen molar-refractivity contribution in [2.45, 2.75) is 52.1 Å². The number of hydrogen-bond acceptors (Lipinski definition) is 2. The minimum atomic E-state index is -0.212. The third-order valence-corrected chi connectivity index (χ3v) is 3.39. The fourth-order valence-electron chi connectivity index (χ4n) is 1.98. The molecule has 0 unspecified atom stereocenters. The molecule has 0 aliphatic heterocycles. The number of nitrogens with zero attached hydrogens (tertiary/aromatic N) is 1. The fraction of sp³-hybridized carbons (Fsp3) is 0.800. The van der Waals surface area contributed by atoms with E-state index in [-0.39, 0.29) is 5.60 Å². The summed E-state index contributed by atoms with van der Waals surface area (Å²) in [6, 6.07) is 0. The van der Waals surface area contributed by atoms with E-state index in [1.54, 1.807) is 12.7 Å². The van der Waals surface area contributed by atoms with Crippen molar-refractivity contribution >= 4 is 5.96 Å². The van der Waals surface area contributed by atoms with E-state index >= 15 is 0 Å². The van der Waals surface area contributed by atoms with Crippen molar-refractivity contribution in [3.8, 4) is 0 Å². The molecule has 0 spiro atoms. The largest absolute Gasteiger partial charge is 0.377 e. The molecule has 1 aliphatic carbocycles. The lowest BCUT2D eigenvalue weighted by atomic mass is 10.1. The lowest BCUT2D eigenvalue weighted by Crippen LogP contribution is -2.39. The highest BCUT2D eigenvalue weighted by Gasteiger charge is 2.15. The zero-order valence-electron chi connectivity index (χ0n) is 12.9. The van der Waals surface area contributed by atoms with Crippen LogP contribution in [0.4, 0.5) is 0 Å². The molecule has 19 heavy (non-hydrogen) atoms. The van der Waals surface area contributed by atoms with Crippen molar-refractivity contribution in [1.29, 1.82) is 0 Å². The predicted octanol–water partition coefficient (Wildman–Crippen LogP) is 2.47. The average Bonchev–Trinajstić information content (AvgIpc) is 2.89. The van der Waals surface area contributed by atoms with E-state index in [2.05, 4.69) is 28.6 Å². The minimum absolute atomic E-state index is 0.212. The molecule has 0 atom stereocenters. The molecule has 0 aromatic heterocycles. The molecular weight excluding hydrogens is 238 g/mol. The Morgan fingerprint density at radius 2 is 2.21 bits per heavy atom. The zero-order valence-corrected chi connectivity index (χ0v) is 12.9. The second-order valence-electron chi connectivity index (χ2n) is 5.59.